The molecule has 88 valence electrons. The minimum Gasteiger partial charge on any atom is -0.271 e. The van der Waals surface area contributed by atoms with Crippen LogP contribution in [0.25, 0.3) is 0 Å². The van der Waals surface area contributed by atoms with Crippen LogP contribution in [-0.2, 0) is 12.8 Å². The molecule has 1 aromatic rings. The maximum absolute atomic E-state index is 5.59. The molecule has 0 amide bonds. The molecule has 1 unspecified atom stereocenters. The van der Waals surface area contributed by atoms with Gasteiger partial charge in [-0.05, 0) is 44.2 Å². The third-order valence-corrected chi connectivity index (χ3v) is 4.51. The Kier molecular flexibility index (Phi) is 3.79. The lowest BCUT2D eigenvalue weighted by molar-refractivity contribution is 0.636. The minimum atomic E-state index is 0.122. The van der Waals surface area contributed by atoms with E-state index in [4.69, 9.17) is 5.84 Å². The van der Waals surface area contributed by atoms with E-state index in [0.29, 0.717) is 0 Å². The predicted octanol–water partition coefficient (Wildman–Crippen LogP) is 3.10. The topological polar surface area (TPSA) is 38.0 Å². The molecule has 16 heavy (non-hydrogen) atoms. The fraction of sp³-hybridized carbons (Fsp3) is 0.538. The molecule has 0 saturated heterocycles. The Hall–Kier alpha value is -0.640. The van der Waals surface area contributed by atoms with Crippen LogP contribution in [0.5, 0.6) is 0 Å². The molecule has 1 aliphatic rings. The van der Waals surface area contributed by atoms with Crippen molar-refractivity contribution < 1.29 is 0 Å². The highest BCUT2D eigenvalue weighted by atomic mass is 32.1. The first-order valence-electron chi connectivity index (χ1n) is 5.95. The summed E-state index contributed by atoms with van der Waals surface area (Å²) in [6.07, 6.45) is 6.51. The zero-order valence-electron chi connectivity index (χ0n) is 9.88. The number of rotatable bonds is 3. The van der Waals surface area contributed by atoms with E-state index in [1.807, 2.05) is 18.3 Å². The van der Waals surface area contributed by atoms with Gasteiger partial charge in [0.05, 0.1) is 6.04 Å². The lowest BCUT2D eigenvalue weighted by atomic mass is 10.1. The molecule has 0 aromatic carbocycles. The van der Waals surface area contributed by atoms with Gasteiger partial charge in [-0.15, -0.1) is 11.3 Å². The van der Waals surface area contributed by atoms with Gasteiger partial charge in [0, 0.05) is 9.75 Å². The molecule has 0 bridgehead atoms. The van der Waals surface area contributed by atoms with Crippen molar-refractivity contribution in [2.45, 2.75) is 45.1 Å². The summed E-state index contributed by atoms with van der Waals surface area (Å²) >= 11 is 1.91. The quantitative estimate of drug-likeness (QED) is 0.366. The first kappa shape index (κ1) is 11.8. The van der Waals surface area contributed by atoms with Crippen molar-refractivity contribution in [3.63, 3.8) is 0 Å². The van der Waals surface area contributed by atoms with E-state index >= 15 is 0 Å². The van der Waals surface area contributed by atoms with Crippen LogP contribution in [-0.4, -0.2) is 0 Å². The Morgan fingerprint density at radius 2 is 2.19 bits per heavy atom. The summed E-state index contributed by atoms with van der Waals surface area (Å²) < 4.78 is 0. The van der Waals surface area contributed by atoms with Crippen LogP contribution in [0.3, 0.4) is 0 Å². The number of hydrogen-bond donors (Lipinski definition) is 2. The summed E-state index contributed by atoms with van der Waals surface area (Å²) in [7, 11) is 0. The van der Waals surface area contributed by atoms with Crippen LogP contribution < -0.4 is 11.3 Å². The molecule has 1 aromatic heterocycles. The highest BCUT2D eigenvalue weighted by Crippen LogP contribution is 2.33. The van der Waals surface area contributed by atoms with Gasteiger partial charge in [-0.25, -0.2) is 5.43 Å². The van der Waals surface area contributed by atoms with Crippen molar-refractivity contribution in [3.8, 4) is 0 Å². The van der Waals surface area contributed by atoms with Crippen molar-refractivity contribution in [3.05, 3.63) is 33.5 Å². The summed E-state index contributed by atoms with van der Waals surface area (Å²) in [4.78, 5) is 2.89. The number of aryl methyl sites for hydroxylation is 2. The monoisotopic (exact) mass is 236 g/mol. The minimum absolute atomic E-state index is 0.122. The summed E-state index contributed by atoms with van der Waals surface area (Å²) in [5, 5.41) is 0. The van der Waals surface area contributed by atoms with Crippen molar-refractivity contribution in [2.24, 2.45) is 5.84 Å². The van der Waals surface area contributed by atoms with E-state index < -0.39 is 0 Å². The summed E-state index contributed by atoms with van der Waals surface area (Å²) in [5.74, 6) is 5.59. The predicted molar refractivity (Wildman–Crippen MR) is 70.5 cm³/mol. The molecular weight excluding hydrogens is 216 g/mol. The number of nitrogens with two attached hydrogens (primary N) is 1. The number of nitrogens with one attached hydrogen (secondary N) is 1. The lowest BCUT2D eigenvalue weighted by Crippen LogP contribution is -2.27. The molecule has 1 aliphatic carbocycles. The Labute approximate surface area is 102 Å². The fourth-order valence-corrected chi connectivity index (χ4v) is 3.71. The largest absolute Gasteiger partial charge is 0.271 e. The van der Waals surface area contributed by atoms with Crippen LogP contribution in [0.15, 0.2) is 18.2 Å². The Morgan fingerprint density at radius 3 is 2.88 bits per heavy atom. The molecule has 0 saturated carbocycles. The van der Waals surface area contributed by atoms with E-state index in [1.54, 1.807) is 10.4 Å². The van der Waals surface area contributed by atoms with Gasteiger partial charge in [0.15, 0.2) is 0 Å². The third-order valence-electron chi connectivity index (χ3n) is 3.21. The van der Waals surface area contributed by atoms with E-state index in [0.717, 1.165) is 5.57 Å². The molecule has 0 fully saturated rings. The van der Waals surface area contributed by atoms with Gasteiger partial charge < -0.3 is 0 Å². The lowest BCUT2D eigenvalue weighted by Gasteiger charge is -2.13. The average Bonchev–Trinajstić information content (AvgIpc) is 2.50. The molecule has 3 heteroatoms. The van der Waals surface area contributed by atoms with Crippen molar-refractivity contribution >= 4 is 11.3 Å². The van der Waals surface area contributed by atoms with E-state index in [9.17, 15) is 0 Å². The molecule has 0 aliphatic heterocycles. The van der Waals surface area contributed by atoms with Gasteiger partial charge in [0.25, 0.3) is 0 Å². The van der Waals surface area contributed by atoms with Gasteiger partial charge in [-0.2, -0.15) is 0 Å². The molecule has 1 atom stereocenters. The second-order valence-corrected chi connectivity index (χ2v) is 5.77. The van der Waals surface area contributed by atoms with Gasteiger partial charge in [-0.3, -0.25) is 5.84 Å². The third kappa shape index (κ3) is 2.37. The zero-order valence-corrected chi connectivity index (χ0v) is 10.7. The molecule has 1 heterocycles. The smallest absolute Gasteiger partial charge is 0.0757 e. The zero-order chi connectivity index (χ0) is 11.5. The van der Waals surface area contributed by atoms with Crippen LogP contribution in [0.4, 0.5) is 0 Å². The molecular formula is C13H20N2S. The van der Waals surface area contributed by atoms with Crippen LogP contribution >= 0.6 is 11.3 Å². The van der Waals surface area contributed by atoms with Gasteiger partial charge in [-0.1, -0.05) is 18.6 Å². The Bertz CT molecular complexity index is 358. The summed E-state index contributed by atoms with van der Waals surface area (Å²) in [6.45, 7) is 6.01. The maximum atomic E-state index is 5.59. The normalized spacial score (nSPS) is 17.6. The SMILES string of the molecule is C=C(C)C(NN)c1cc2c(s1)CCCCC2. The van der Waals surface area contributed by atoms with E-state index in [2.05, 4.69) is 18.1 Å². The number of thiophene rings is 1. The second-order valence-electron chi connectivity index (χ2n) is 4.60. The van der Waals surface area contributed by atoms with Crippen LogP contribution in [0.2, 0.25) is 0 Å². The van der Waals surface area contributed by atoms with Gasteiger partial charge in [0.2, 0.25) is 0 Å². The summed E-state index contributed by atoms with van der Waals surface area (Å²) in [6, 6.07) is 2.45. The molecule has 2 nitrogen and oxygen atoms in total. The molecule has 0 spiro atoms. The average molecular weight is 236 g/mol. The van der Waals surface area contributed by atoms with E-state index in [-0.39, 0.29) is 6.04 Å². The first-order chi connectivity index (χ1) is 7.72. The van der Waals surface area contributed by atoms with Crippen molar-refractivity contribution in [1.29, 1.82) is 0 Å². The second kappa shape index (κ2) is 5.13. The fourth-order valence-electron chi connectivity index (χ4n) is 2.30. The first-order valence-corrected chi connectivity index (χ1v) is 6.77. The summed E-state index contributed by atoms with van der Waals surface area (Å²) in [5.41, 5.74) is 5.48. The highest BCUT2D eigenvalue weighted by Gasteiger charge is 2.17. The molecule has 3 N–H and O–H groups in total. The maximum Gasteiger partial charge on any atom is 0.0757 e. The highest BCUT2D eigenvalue weighted by molar-refractivity contribution is 7.12. The van der Waals surface area contributed by atoms with Crippen molar-refractivity contribution in [2.75, 3.05) is 0 Å². The molecule has 0 radical (unpaired) electrons. The van der Waals surface area contributed by atoms with E-state index in [1.165, 1.54) is 37.0 Å². The van der Waals surface area contributed by atoms with Crippen LogP contribution in [0, 0.1) is 0 Å². The van der Waals surface area contributed by atoms with Gasteiger partial charge in [0.1, 0.15) is 0 Å². The van der Waals surface area contributed by atoms with Gasteiger partial charge >= 0.3 is 0 Å². The molecule has 2 rings (SSSR count). The Morgan fingerprint density at radius 1 is 1.44 bits per heavy atom. The van der Waals surface area contributed by atoms with Crippen molar-refractivity contribution in [1.82, 2.24) is 5.43 Å². The number of hydrazine groups is 1. The standard InChI is InChI=1S/C13H20N2S/c1-9(2)13(15-14)12-8-10-6-4-3-5-7-11(10)16-12/h8,13,15H,1,3-7,14H2,2H3. The van der Waals surface area contributed by atoms with Crippen LogP contribution in [0.1, 0.15) is 47.5 Å². The Balaban J connectivity index is 2.26. The number of hydrogen-bond acceptors (Lipinski definition) is 3. The number of fused-ring (bicyclic) bond motifs is 1.